The Morgan fingerprint density at radius 3 is 1.57 bits per heavy atom. The second kappa shape index (κ2) is 13.6. The van der Waals surface area contributed by atoms with Crippen LogP contribution in [0.25, 0.3) is 0 Å². The normalized spacial score (nSPS) is 18.0. The summed E-state index contributed by atoms with van der Waals surface area (Å²) < 4.78 is 16.4. The molecule has 0 saturated carbocycles. The van der Waals surface area contributed by atoms with E-state index in [0.29, 0.717) is 5.75 Å². The van der Waals surface area contributed by atoms with E-state index >= 15 is 0 Å². The van der Waals surface area contributed by atoms with Gasteiger partial charge in [0.15, 0.2) is 11.5 Å². The predicted octanol–water partition coefficient (Wildman–Crippen LogP) is -5.71. The number of rotatable bonds is 9. The number of hydrogen-bond donors (Lipinski definition) is 2. The van der Waals surface area contributed by atoms with Gasteiger partial charge in [-0.15, -0.1) is 0 Å². The fourth-order valence-corrected chi connectivity index (χ4v) is 4.02. The van der Waals surface area contributed by atoms with Gasteiger partial charge in [0.1, 0.15) is 26.2 Å². The summed E-state index contributed by atoms with van der Waals surface area (Å²) in [6.07, 6.45) is 2.20. The van der Waals surface area contributed by atoms with Crippen LogP contribution in [0, 0.1) is 0 Å². The number of nitrogens with one attached hydrogen (secondary N) is 2. The number of benzene rings is 2. The number of quaternary nitrogens is 2. The van der Waals surface area contributed by atoms with Crippen molar-refractivity contribution in [1.29, 1.82) is 0 Å². The molecule has 1 saturated heterocycles. The van der Waals surface area contributed by atoms with Crippen LogP contribution < -0.4 is 48.8 Å². The predicted molar refractivity (Wildman–Crippen MR) is 111 cm³/mol. The number of methoxy groups -OCH3 is 3. The Bertz CT molecular complexity index is 713. The lowest BCUT2D eigenvalue weighted by atomic mass is 10.1. The van der Waals surface area contributed by atoms with Crippen LogP contribution in [0.5, 0.6) is 17.2 Å². The highest BCUT2D eigenvalue weighted by Crippen LogP contribution is 2.38. The summed E-state index contributed by atoms with van der Waals surface area (Å²) in [6.45, 7) is 7.40. The van der Waals surface area contributed by atoms with Crippen LogP contribution in [-0.4, -0.2) is 60.6 Å². The molecule has 0 spiro atoms. The fourth-order valence-electron chi connectivity index (χ4n) is 4.02. The quantitative estimate of drug-likeness (QED) is 0.394. The van der Waals surface area contributed by atoms with Crippen molar-refractivity contribution >= 4 is 0 Å². The monoisotopic (exact) mass is 456 g/mol. The average Bonchev–Trinajstić information content (AvgIpc) is 2.76. The minimum absolute atomic E-state index is 0. The summed E-state index contributed by atoms with van der Waals surface area (Å²) in [5.41, 5.74) is 2.69. The molecule has 2 aromatic carbocycles. The van der Waals surface area contributed by atoms with Gasteiger partial charge in [0, 0.05) is 12.8 Å². The van der Waals surface area contributed by atoms with Crippen molar-refractivity contribution in [3.63, 3.8) is 0 Å². The third-order valence-electron chi connectivity index (χ3n) is 5.77. The van der Waals surface area contributed by atoms with Crippen LogP contribution in [0.1, 0.15) is 11.1 Å². The summed E-state index contributed by atoms with van der Waals surface area (Å²) in [6, 6.07) is 15.0. The molecule has 1 aliphatic rings. The van der Waals surface area contributed by atoms with Gasteiger partial charge in [-0.25, -0.2) is 0 Å². The maximum Gasteiger partial charge on any atom is 0.203 e. The first-order chi connectivity index (χ1) is 13.7. The Balaban J connectivity index is 0.00000225. The van der Waals surface area contributed by atoms with E-state index in [1.165, 1.54) is 50.3 Å². The minimum Gasteiger partial charge on any atom is -1.00 e. The van der Waals surface area contributed by atoms with Crippen LogP contribution in [0.4, 0.5) is 0 Å². The van der Waals surface area contributed by atoms with E-state index in [-0.39, 0.29) is 24.8 Å². The SMILES string of the molecule is COc1cc(CC[NH+]2CC[NH+](CCc3ccccc3)CC2)cc(OC)c1OC.[Cl-].[Cl-]. The molecule has 0 amide bonds. The highest BCUT2D eigenvalue weighted by atomic mass is 35.5. The van der Waals surface area contributed by atoms with Crippen molar-refractivity contribution in [1.82, 2.24) is 0 Å². The zero-order valence-corrected chi connectivity index (χ0v) is 19.7. The van der Waals surface area contributed by atoms with E-state index in [2.05, 4.69) is 42.5 Å². The minimum atomic E-state index is 0. The topological polar surface area (TPSA) is 36.6 Å². The average molecular weight is 457 g/mol. The first kappa shape index (κ1) is 26.4. The maximum atomic E-state index is 5.47. The summed E-state index contributed by atoms with van der Waals surface area (Å²) in [5.74, 6) is 2.14. The smallest absolute Gasteiger partial charge is 0.203 e. The second-order valence-electron chi connectivity index (χ2n) is 7.52. The van der Waals surface area contributed by atoms with Crippen molar-refractivity contribution in [2.24, 2.45) is 0 Å². The van der Waals surface area contributed by atoms with E-state index in [9.17, 15) is 0 Å². The summed E-state index contributed by atoms with van der Waals surface area (Å²) >= 11 is 0. The van der Waals surface area contributed by atoms with Crippen LogP contribution in [0.15, 0.2) is 42.5 Å². The standard InChI is InChI=1S/C23H32N2O3.2ClH/c1-26-21-17-20(18-22(27-2)23(21)28-3)10-12-25-15-13-24(14-16-25)11-9-19-7-5-4-6-8-19;;/h4-8,17-18H,9-16H2,1-3H3;2*1H. The summed E-state index contributed by atoms with van der Waals surface area (Å²) in [5, 5.41) is 0. The molecule has 7 heteroatoms. The zero-order chi connectivity index (χ0) is 19.8. The molecule has 0 aliphatic carbocycles. The van der Waals surface area contributed by atoms with Crippen molar-refractivity contribution < 1.29 is 48.8 Å². The number of halogens is 2. The van der Waals surface area contributed by atoms with E-state index in [4.69, 9.17) is 14.2 Å². The van der Waals surface area contributed by atoms with E-state index in [1.54, 1.807) is 31.1 Å². The number of ether oxygens (including phenoxy) is 3. The molecule has 5 nitrogen and oxygen atoms in total. The molecule has 0 bridgehead atoms. The molecule has 1 heterocycles. The third kappa shape index (κ3) is 7.24. The Kier molecular flexibility index (Phi) is 12.0. The number of hydrogen-bond acceptors (Lipinski definition) is 3. The maximum absolute atomic E-state index is 5.47. The van der Waals surface area contributed by atoms with Crippen molar-refractivity contribution in [2.75, 3.05) is 60.6 Å². The molecule has 0 radical (unpaired) electrons. The second-order valence-corrected chi connectivity index (χ2v) is 7.52. The Morgan fingerprint density at radius 2 is 1.13 bits per heavy atom. The van der Waals surface area contributed by atoms with Gasteiger partial charge in [-0.05, 0) is 23.3 Å². The molecule has 30 heavy (non-hydrogen) atoms. The van der Waals surface area contributed by atoms with Crippen molar-refractivity contribution in [3.8, 4) is 17.2 Å². The van der Waals surface area contributed by atoms with E-state index < -0.39 is 0 Å². The first-order valence-corrected chi connectivity index (χ1v) is 10.2. The lowest BCUT2D eigenvalue weighted by Crippen LogP contribution is -3.28. The Hall–Kier alpha value is -1.66. The highest BCUT2D eigenvalue weighted by Gasteiger charge is 2.23. The Morgan fingerprint density at radius 1 is 0.667 bits per heavy atom. The summed E-state index contributed by atoms with van der Waals surface area (Å²) in [4.78, 5) is 3.43. The lowest BCUT2D eigenvalue weighted by molar-refractivity contribution is -1.01. The molecule has 3 rings (SSSR count). The molecule has 0 atom stereocenters. The van der Waals surface area contributed by atoms with Crippen LogP contribution >= 0.6 is 0 Å². The number of piperazine rings is 1. The third-order valence-corrected chi connectivity index (χ3v) is 5.77. The van der Waals surface area contributed by atoms with Crippen molar-refractivity contribution in [3.05, 3.63) is 53.6 Å². The molecule has 0 unspecified atom stereocenters. The van der Waals surface area contributed by atoms with Gasteiger partial charge in [0.25, 0.3) is 0 Å². The molecule has 0 aromatic heterocycles. The van der Waals surface area contributed by atoms with Gasteiger partial charge in [0.05, 0.1) is 34.4 Å². The molecule has 2 aromatic rings. The van der Waals surface area contributed by atoms with E-state index in [1.807, 2.05) is 0 Å². The van der Waals surface area contributed by atoms with Crippen LogP contribution in [-0.2, 0) is 12.8 Å². The lowest BCUT2D eigenvalue weighted by Gasteiger charge is -2.29. The van der Waals surface area contributed by atoms with Gasteiger partial charge in [-0.2, -0.15) is 0 Å². The fraction of sp³-hybridized carbons (Fsp3) is 0.478. The van der Waals surface area contributed by atoms with Crippen molar-refractivity contribution in [2.45, 2.75) is 12.8 Å². The van der Waals surface area contributed by atoms with Gasteiger partial charge in [-0.1, -0.05) is 30.3 Å². The van der Waals surface area contributed by atoms with Gasteiger partial charge >= 0.3 is 0 Å². The van der Waals surface area contributed by atoms with Gasteiger partial charge in [-0.3, -0.25) is 0 Å². The molecular formula is C23H34Cl2N2O3. The largest absolute Gasteiger partial charge is 1.00 e. The zero-order valence-electron chi connectivity index (χ0n) is 18.2. The Labute approximate surface area is 193 Å². The molecule has 168 valence electrons. The highest BCUT2D eigenvalue weighted by molar-refractivity contribution is 5.53. The van der Waals surface area contributed by atoms with E-state index in [0.717, 1.165) is 24.5 Å². The van der Waals surface area contributed by atoms with Crippen LogP contribution in [0.3, 0.4) is 0 Å². The molecular weight excluding hydrogens is 423 g/mol. The first-order valence-electron chi connectivity index (χ1n) is 10.2. The molecule has 2 N–H and O–H groups in total. The van der Waals surface area contributed by atoms with Gasteiger partial charge in [0.2, 0.25) is 5.75 Å². The van der Waals surface area contributed by atoms with Crippen LogP contribution in [0.2, 0.25) is 0 Å². The molecule has 1 fully saturated rings. The van der Waals surface area contributed by atoms with Gasteiger partial charge < -0.3 is 48.8 Å². The summed E-state index contributed by atoms with van der Waals surface area (Å²) in [7, 11) is 4.98. The molecule has 1 aliphatic heterocycles.